The molecule has 0 saturated heterocycles. The Balaban J connectivity index is 2.79. The number of nitrogens with two attached hydrogens (primary N) is 1. The number of hydrogen-bond acceptors (Lipinski definition) is 7. The fourth-order valence-corrected chi connectivity index (χ4v) is 3.45. The molecule has 0 bridgehead atoms. The SMILES string of the molecule is CC(C)[C@H](NC(=O)CCCCCN=[N+]=N)C(=O)N[C@@H](CCCNC(N)=O)C(=O)Nc1ccc(CO)cc1. The summed E-state index contributed by atoms with van der Waals surface area (Å²) in [5.74, 6) is -1.44. The zero-order valence-electron chi connectivity index (χ0n) is 21.5. The molecule has 13 heteroatoms. The number of anilines is 1. The van der Waals surface area contributed by atoms with E-state index in [-0.39, 0.29) is 37.8 Å². The van der Waals surface area contributed by atoms with Gasteiger partial charge in [0.2, 0.25) is 22.6 Å². The first-order valence-corrected chi connectivity index (χ1v) is 12.3. The molecule has 37 heavy (non-hydrogen) atoms. The van der Waals surface area contributed by atoms with Gasteiger partial charge in [-0.25, -0.2) is 4.79 Å². The van der Waals surface area contributed by atoms with Gasteiger partial charge in [-0.2, -0.15) is 0 Å². The van der Waals surface area contributed by atoms with E-state index in [1.807, 2.05) is 0 Å². The molecule has 0 radical (unpaired) electrons. The van der Waals surface area contributed by atoms with Gasteiger partial charge >= 0.3 is 6.03 Å². The molecule has 0 fully saturated rings. The molecule has 5 amide bonds. The fraction of sp³-hybridized carbons (Fsp3) is 0.583. The van der Waals surface area contributed by atoms with Gasteiger partial charge in [0.1, 0.15) is 29.3 Å². The fourth-order valence-electron chi connectivity index (χ4n) is 3.45. The summed E-state index contributed by atoms with van der Waals surface area (Å²) in [6.07, 6.45) is 2.91. The minimum absolute atomic E-state index is 0.125. The topological polar surface area (TPSA) is 213 Å². The number of nitrogens with one attached hydrogen (secondary N) is 5. The van der Waals surface area contributed by atoms with Crippen LogP contribution in [0.1, 0.15) is 57.9 Å². The molecule has 0 aliphatic rings. The largest absolute Gasteiger partial charge is 0.392 e. The van der Waals surface area contributed by atoms with Gasteiger partial charge < -0.3 is 32.1 Å². The maximum absolute atomic E-state index is 13.1. The van der Waals surface area contributed by atoms with Gasteiger partial charge in [-0.1, -0.05) is 32.4 Å². The summed E-state index contributed by atoms with van der Waals surface area (Å²) in [4.78, 5) is 52.4. The molecule has 0 aliphatic carbocycles. The van der Waals surface area contributed by atoms with Crippen molar-refractivity contribution in [3.8, 4) is 0 Å². The second-order valence-corrected chi connectivity index (χ2v) is 8.90. The zero-order valence-corrected chi connectivity index (χ0v) is 21.5. The second kappa shape index (κ2) is 17.6. The number of carbonyl (C=O) groups excluding carboxylic acids is 4. The molecule has 0 unspecified atom stereocenters. The van der Waals surface area contributed by atoms with Crippen molar-refractivity contribution < 1.29 is 24.3 Å². The highest BCUT2D eigenvalue weighted by Gasteiger charge is 2.28. The van der Waals surface area contributed by atoms with E-state index in [4.69, 9.17) is 11.3 Å². The summed E-state index contributed by atoms with van der Waals surface area (Å²) >= 11 is 0. The van der Waals surface area contributed by atoms with Crippen molar-refractivity contribution in [1.29, 1.82) is 5.53 Å². The number of carbonyl (C=O) groups is 4. The summed E-state index contributed by atoms with van der Waals surface area (Å²) in [5, 5.41) is 23.4. The van der Waals surface area contributed by atoms with Crippen LogP contribution < -0.4 is 31.9 Å². The molecule has 1 rings (SSSR count). The van der Waals surface area contributed by atoms with E-state index in [9.17, 15) is 24.3 Å². The molecule has 204 valence electrons. The number of benzene rings is 1. The maximum atomic E-state index is 13.1. The predicted molar refractivity (Wildman–Crippen MR) is 137 cm³/mol. The molecule has 0 aliphatic heterocycles. The first kappa shape index (κ1) is 31.2. The van der Waals surface area contributed by atoms with Crippen LogP contribution in [0.3, 0.4) is 0 Å². The van der Waals surface area contributed by atoms with Crippen molar-refractivity contribution in [2.45, 2.75) is 71.1 Å². The van der Waals surface area contributed by atoms with E-state index < -0.39 is 29.9 Å². The number of unbranched alkanes of at least 4 members (excludes halogenated alkanes) is 2. The van der Waals surface area contributed by atoms with Crippen molar-refractivity contribution in [3.63, 3.8) is 0 Å². The van der Waals surface area contributed by atoms with Gasteiger partial charge in [-0.3, -0.25) is 14.4 Å². The zero-order chi connectivity index (χ0) is 27.6. The summed E-state index contributed by atoms with van der Waals surface area (Å²) < 4.78 is 0. The predicted octanol–water partition coefficient (Wildman–Crippen LogP) is 1.30. The Hall–Kier alpha value is -3.83. The van der Waals surface area contributed by atoms with Gasteiger partial charge in [0.15, 0.2) is 0 Å². The lowest BCUT2D eigenvalue weighted by atomic mass is 10.0. The third kappa shape index (κ3) is 13.2. The monoisotopic (exact) mass is 519 g/mol. The van der Waals surface area contributed by atoms with Crippen molar-refractivity contribution >= 4 is 29.4 Å². The number of nitrogens with zero attached hydrogens (tertiary/aromatic N) is 2. The Kier molecular flexibility index (Phi) is 14.8. The van der Waals surface area contributed by atoms with Gasteiger partial charge in [-0.15, -0.1) is 0 Å². The van der Waals surface area contributed by atoms with Gasteiger partial charge in [-0.05, 0) is 49.3 Å². The number of aliphatic hydroxyl groups is 1. The van der Waals surface area contributed by atoms with Gasteiger partial charge in [0, 0.05) is 18.7 Å². The molecule has 0 aromatic heterocycles. The van der Waals surface area contributed by atoms with Crippen LogP contribution >= 0.6 is 0 Å². The highest BCUT2D eigenvalue weighted by molar-refractivity contribution is 5.98. The number of aliphatic hydroxyl groups excluding tert-OH is 1. The third-order valence-electron chi connectivity index (χ3n) is 5.50. The molecule has 1 aromatic carbocycles. The van der Waals surface area contributed by atoms with Crippen LogP contribution in [0, 0.1) is 11.4 Å². The first-order chi connectivity index (χ1) is 17.7. The quantitative estimate of drug-likeness (QED) is 0.0918. The minimum atomic E-state index is -0.927. The van der Waals surface area contributed by atoms with Crippen molar-refractivity contribution in [1.82, 2.24) is 20.9 Å². The van der Waals surface area contributed by atoms with Crippen LogP contribution in [0.15, 0.2) is 29.4 Å². The lowest BCUT2D eigenvalue weighted by Crippen LogP contribution is -2.54. The average molecular weight is 520 g/mol. The normalized spacial score (nSPS) is 12.1. The molecular formula is C24H39N8O5+. The van der Waals surface area contributed by atoms with Gasteiger partial charge in [0.05, 0.1) is 6.61 Å². The maximum Gasteiger partial charge on any atom is 0.312 e. The van der Waals surface area contributed by atoms with Crippen LogP contribution in [0.4, 0.5) is 10.5 Å². The smallest absolute Gasteiger partial charge is 0.312 e. The standard InChI is InChI=1S/C24H38N8O5/c1-16(2)21(31-20(34)8-4-3-5-14-28-32-26)23(36)30-19(7-6-13-27-24(25)37)22(35)29-18-11-9-17(15-33)10-12-18/h9-12,16,19,21,26,33H,3-8,13-15H2,1-2H3,(H5-,25,27,29,30,31,34,35,36,37)/p+1/t19-,21-/m0/s1. The van der Waals surface area contributed by atoms with Crippen molar-refractivity contribution in [3.05, 3.63) is 29.8 Å². The van der Waals surface area contributed by atoms with Crippen LogP contribution in [0.25, 0.3) is 0 Å². The molecular weight excluding hydrogens is 480 g/mol. The van der Waals surface area contributed by atoms with E-state index in [2.05, 4.69) is 31.3 Å². The van der Waals surface area contributed by atoms with Crippen LogP contribution in [0.5, 0.6) is 0 Å². The Morgan fingerprint density at radius 3 is 2.32 bits per heavy atom. The highest BCUT2D eigenvalue weighted by atomic mass is 16.3. The summed E-state index contributed by atoms with van der Waals surface area (Å²) in [6.45, 7) is 4.13. The number of rotatable bonds is 17. The van der Waals surface area contributed by atoms with E-state index in [0.29, 0.717) is 37.1 Å². The summed E-state index contributed by atoms with van der Waals surface area (Å²) in [6, 6.07) is 4.18. The lowest BCUT2D eigenvalue weighted by molar-refractivity contribution is -0.132. The Labute approximate surface area is 216 Å². The van der Waals surface area contributed by atoms with E-state index >= 15 is 0 Å². The third-order valence-corrected chi connectivity index (χ3v) is 5.50. The molecule has 0 heterocycles. The van der Waals surface area contributed by atoms with E-state index in [1.165, 1.54) is 0 Å². The Bertz CT molecular complexity index is 932. The van der Waals surface area contributed by atoms with Crippen molar-refractivity contribution in [2.75, 3.05) is 18.4 Å². The first-order valence-electron chi connectivity index (χ1n) is 12.3. The number of urea groups is 1. The molecule has 0 saturated carbocycles. The molecule has 8 N–H and O–H groups in total. The van der Waals surface area contributed by atoms with Crippen LogP contribution in [-0.4, -0.2) is 54.0 Å². The number of amides is 5. The van der Waals surface area contributed by atoms with Crippen LogP contribution in [0.2, 0.25) is 0 Å². The van der Waals surface area contributed by atoms with Gasteiger partial charge in [0.25, 0.3) is 0 Å². The molecule has 0 spiro atoms. The van der Waals surface area contributed by atoms with Crippen molar-refractivity contribution in [2.24, 2.45) is 16.8 Å². The highest BCUT2D eigenvalue weighted by Crippen LogP contribution is 2.12. The Morgan fingerprint density at radius 2 is 1.73 bits per heavy atom. The Morgan fingerprint density at radius 1 is 1.03 bits per heavy atom. The minimum Gasteiger partial charge on any atom is -0.392 e. The summed E-state index contributed by atoms with van der Waals surface area (Å²) in [5.41, 5.74) is 12.9. The lowest BCUT2D eigenvalue weighted by Gasteiger charge is -2.25. The van der Waals surface area contributed by atoms with E-state index in [0.717, 1.165) is 6.42 Å². The second-order valence-electron chi connectivity index (χ2n) is 8.90. The average Bonchev–Trinajstić information content (AvgIpc) is 2.86. The molecule has 13 nitrogen and oxygen atoms in total. The summed E-state index contributed by atoms with van der Waals surface area (Å²) in [7, 11) is 0. The molecule has 1 aromatic rings. The molecule has 2 atom stereocenters. The number of hydrogen-bond donors (Lipinski definition) is 7. The van der Waals surface area contributed by atoms with Crippen LogP contribution in [-0.2, 0) is 21.0 Å². The van der Waals surface area contributed by atoms with E-state index in [1.54, 1.807) is 38.1 Å². The number of primary amides is 1.